The number of morpholine rings is 1. The lowest BCUT2D eigenvalue weighted by Crippen LogP contribution is -2.40. The van der Waals surface area contributed by atoms with Crippen molar-refractivity contribution in [3.8, 4) is 5.75 Å². The quantitative estimate of drug-likeness (QED) is 0.540. The summed E-state index contributed by atoms with van der Waals surface area (Å²) in [5, 5.41) is 14.4. The number of methoxy groups -OCH3 is 1. The second-order valence-electron chi connectivity index (χ2n) is 6.56. The third-order valence-electron chi connectivity index (χ3n) is 4.74. The summed E-state index contributed by atoms with van der Waals surface area (Å²) >= 11 is 0. The van der Waals surface area contributed by atoms with Crippen molar-refractivity contribution in [1.82, 2.24) is 4.31 Å². The van der Waals surface area contributed by atoms with Gasteiger partial charge < -0.3 is 14.8 Å². The van der Waals surface area contributed by atoms with E-state index in [0.29, 0.717) is 11.4 Å². The van der Waals surface area contributed by atoms with Crippen LogP contribution in [-0.2, 0) is 14.8 Å². The second-order valence-corrected chi connectivity index (χ2v) is 8.47. The molecule has 0 amide bonds. The van der Waals surface area contributed by atoms with E-state index in [2.05, 4.69) is 5.32 Å². The molecule has 1 fully saturated rings. The topological polar surface area (TPSA) is 111 Å². The van der Waals surface area contributed by atoms with Gasteiger partial charge >= 0.3 is 0 Å². The summed E-state index contributed by atoms with van der Waals surface area (Å²) < 4.78 is 38.3. The van der Waals surface area contributed by atoms with Gasteiger partial charge in [0.1, 0.15) is 10.6 Å². The minimum absolute atomic E-state index is 0.129. The standard InChI is InChI=1S/C19H23N3O6S/c1-14(16-5-3-4-6-18(16)27-2)20-17-8-7-15(22(23)24)13-19(17)29(25,26)21-9-11-28-12-10-21/h3-8,13-14,20H,9-12H2,1-2H3/t14-/m1/s1. The molecule has 0 radical (unpaired) electrons. The molecule has 0 spiro atoms. The summed E-state index contributed by atoms with van der Waals surface area (Å²) in [5.74, 6) is 0.659. The van der Waals surface area contributed by atoms with Gasteiger partial charge in [-0.3, -0.25) is 10.1 Å². The number of anilines is 1. The Morgan fingerprint density at radius 3 is 2.55 bits per heavy atom. The summed E-state index contributed by atoms with van der Waals surface area (Å²) in [6, 6.07) is 10.9. The van der Waals surface area contributed by atoms with Gasteiger partial charge in [0.25, 0.3) is 5.69 Å². The Balaban J connectivity index is 2.01. The maximum Gasteiger partial charge on any atom is 0.270 e. The fraction of sp³-hybridized carbons (Fsp3) is 0.368. The molecule has 10 heteroatoms. The van der Waals surface area contributed by atoms with Crippen molar-refractivity contribution in [2.24, 2.45) is 0 Å². The molecule has 156 valence electrons. The van der Waals surface area contributed by atoms with Crippen molar-refractivity contribution in [2.45, 2.75) is 17.9 Å². The molecule has 1 saturated heterocycles. The highest BCUT2D eigenvalue weighted by Gasteiger charge is 2.31. The molecule has 0 aromatic heterocycles. The van der Waals surface area contributed by atoms with Crippen molar-refractivity contribution in [2.75, 3.05) is 38.7 Å². The average Bonchev–Trinajstić information content (AvgIpc) is 2.74. The molecular formula is C19H23N3O6S. The Bertz CT molecular complexity index is 989. The zero-order chi connectivity index (χ0) is 21.0. The molecule has 29 heavy (non-hydrogen) atoms. The Hall–Kier alpha value is -2.69. The van der Waals surface area contributed by atoms with Crippen molar-refractivity contribution in [1.29, 1.82) is 0 Å². The molecule has 0 saturated carbocycles. The van der Waals surface area contributed by atoms with Gasteiger partial charge in [0, 0.05) is 30.8 Å². The van der Waals surface area contributed by atoms with E-state index in [0.717, 1.165) is 11.6 Å². The van der Waals surface area contributed by atoms with Crippen molar-refractivity contribution < 1.29 is 22.8 Å². The van der Waals surface area contributed by atoms with E-state index in [1.807, 2.05) is 31.2 Å². The Morgan fingerprint density at radius 1 is 1.21 bits per heavy atom. The minimum atomic E-state index is -3.94. The van der Waals surface area contributed by atoms with Crippen LogP contribution in [0.4, 0.5) is 11.4 Å². The molecule has 0 unspecified atom stereocenters. The van der Waals surface area contributed by atoms with E-state index in [4.69, 9.17) is 9.47 Å². The normalized spacial score (nSPS) is 16.2. The number of sulfonamides is 1. The van der Waals surface area contributed by atoms with E-state index in [9.17, 15) is 18.5 Å². The highest BCUT2D eigenvalue weighted by atomic mass is 32.2. The zero-order valence-corrected chi connectivity index (χ0v) is 17.0. The molecule has 1 aliphatic rings. The number of ether oxygens (including phenoxy) is 2. The molecular weight excluding hydrogens is 398 g/mol. The first kappa shape index (κ1) is 21.0. The minimum Gasteiger partial charge on any atom is -0.496 e. The van der Waals surface area contributed by atoms with E-state index in [-0.39, 0.29) is 42.9 Å². The number of para-hydroxylation sites is 1. The largest absolute Gasteiger partial charge is 0.496 e. The van der Waals surface area contributed by atoms with Gasteiger partial charge in [-0.25, -0.2) is 8.42 Å². The molecule has 1 N–H and O–H groups in total. The third kappa shape index (κ3) is 4.50. The van der Waals surface area contributed by atoms with Crippen molar-refractivity contribution >= 4 is 21.4 Å². The smallest absolute Gasteiger partial charge is 0.270 e. The van der Waals surface area contributed by atoms with Gasteiger partial charge in [0.2, 0.25) is 10.0 Å². The van der Waals surface area contributed by atoms with Gasteiger partial charge in [-0.2, -0.15) is 4.31 Å². The van der Waals surface area contributed by atoms with E-state index in [1.165, 1.54) is 16.4 Å². The highest BCUT2D eigenvalue weighted by Crippen LogP contribution is 2.33. The van der Waals surface area contributed by atoms with Crippen molar-refractivity contribution in [3.63, 3.8) is 0 Å². The number of nitro groups is 1. The molecule has 1 atom stereocenters. The average molecular weight is 421 g/mol. The zero-order valence-electron chi connectivity index (χ0n) is 16.2. The van der Waals surface area contributed by atoms with Crippen LogP contribution >= 0.6 is 0 Å². The Labute approximate surface area is 169 Å². The molecule has 1 heterocycles. The number of rotatable bonds is 7. The van der Waals surface area contributed by atoms with Crippen LogP contribution in [-0.4, -0.2) is 51.1 Å². The highest BCUT2D eigenvalue weighted by molar-refractivity contribution is 7.89. The maximum atomic E-state index is 13.2. The SMILES string of the molecule is COc1ccccc1[C@@H](C)Nc1ccc([N+](=O)[O-])cc1S(=O)(=O)N1CCOCC1. The predicted octanol–water partition coefficient (Wildman–Crippen LogP) is 2.80. The van der Waals surface area contributed by atoms with Gasteiger partial charge in [-0.1, -0.05) is 18.2 Å². The summed E-state index contributed by atoms with van der Waals surface area (Å²) in [7, 11) is -2.38. The van der Waals surface area contributed by atoms with Crippen LogP contribution in [0.2, 0.25) is 0 Å². The molecule has 2 aromatic rings. The van der Waals surface area contributed by atoms with Crippen molar-refractivity contribution in [3.05, 3.63) is 58.1 Å². The summed E-state index contributed by atoms with van der Waals surface area (Å²) in [6.45, 7) is 2.84. The lowest BCUT2D eigenvalue weighted by molar-refractivity contribution is -0.385. The lowest BCUT2D eigenvalue weighted by atomic mass is 10.1. The number of nitrogens with one attached hydrogen (secondary N) is 1. The first-order chi connectivity index (χ1) is 13.8. The van der Waals surface area contributed by atoms with E-state index in [1.54, 1.807) is 7.11 Å². The number of nitro benzene ring substituents is 1. The number of hydrogen-bond donors (Lipinski definition) is 1. The van der Waals surface area contributed by atoms with Crippen LogP contribution in [0.1, 0.15) is 18.5 Å². The van der Waals surface area contributed by atoms with Crippen LogP contribution < -0.4 is 10.1 Å². The molecule has 3 rings (SSSR count). The maximum absolute atomic E-state index is 13.2. The molecule has 0 bridgehead atoms. The van der Waals surface area contributed by atoms with Crippen LogP contribution in [0, 0.1) is 10.1 Å². The fourth-order valence-corrected chi connectivity index (χ4v) is 4.80. The predicted molar refractivity (Wildman–Crippen MR) is 108 cm³/mol. The molecule has 2 aromatic carbocycles. The van der Waals surface area contributed by atoms with E-state index >= 15 is 0 Å². The molecule has 0 aliphatic carbocycles. The first-order valence-corrected chi connectivity index (χ1v) is 10.5. The van der Waals surface area contributed by atoms with E-state index < -0.39 is 14.9 Å². The summed E-state index contributed by atoms with van der Waals surface area (Å²) in [6.07, 6.45) is 0. The van der Waals surface area contributed by atoms with Gasteiger partial charge in [-0.15, -0.1) is 0 Å². The van der Waals surface area contributed by atoms with Crippen LogP contribution in [0.5, 0.6) is 5.75 Å². The first-order valence-electron chi connectivity index (χ1n) is 9.10. The number of hydrogen-bond acceptors (Lipinski definition) is 7. The lowest BCUT2D eigenvalue weighted by Gasteiger charge is -2.27. The second kappa shape index (κ2) is 8.76. The number of nitrogens with zero attached hydrogens (tertiary/aromatic N) is 2. The third-order valence-corrected chi connectivity index (χ3v) is 6.68. The molecule has 9 nitrogen and oxygen atoms in total. The van der Waals surface area contributed by atoms with Gasteiger partial charge in [0.15, 0.2) is 0 Å². The van der Waals surface area contributed by atoms with Gasteiger partial charge in [-0.05, 0) is 19.1 Å². The number of non-ortho nitro benzene ring substituents is 1. The summed E-state index contributed by atoms with van der Waals surface area (Å²) in [4.78, 5) is 10.5. The molecule has 1 aliphatic heterocycles. The fourth-order valence-electron chi connectivity index (χ4n) is 3.22. The Morgan fingerprint density at radius 2 is 1.90 bits per heavy atom. The Kier molecular flexibility index (Phi) is 6.36. The van der Waals surface area contributed by atoms with Crippen LogP contribution in [0.15, 0.2) is 47.4 Å². The van der Waals surface area contributed by atoms with Crippen LogP contribution in [0.3, 0.4) is 0 Å². The van der Waals surface area contributed by atoms with Crippen LogP contribution in [0.25, 0.3) is 0 Å². The monoisotopic (exact) mass is 421 g/mol. The number of benzene rings is 2. The van der Waals surface area contributed by atoms with Gasteiger partial charge in [0.05, 0.1) is 37.0 Å². The summed E-state index contributed by atoms with van der Waals surface area (Å²) in [5.41, 5.74) is 0.843.